The maximum Gasteiger partial charge on any atom is 0.227 e. The number of rotatable bonds is 3. The number of benzene rings is 1. The number of fused-ring (bicyclic) bond motifs is 1. The number of likely N-dealkylation sites (tertiary alicyclic amines) is 1. The molecule has 0 spiro atoms. The number of hydrogen-bond donors (Lipinski definition) is 1. The van der Waals surface area contributed by atoms with E-state index in [4.69, 9.17) is 0 Å². The van der Waals surface area contributed by atoms with Gasteiger partial charge in [-0.05, 0) is 43.9 Å². The molecule has 1 unspecified atom stereocenters. The van der Waals surface area contributed by atoms with Gasteiger partial charge in [0.1, 0.15) is 0 Å². The van der Waals surface area contributed by atoms with Gasteiger partial charge in [-0.1, -0.05) is 0 Å². The van der Waals surface area contributed by atoms with Gasteiger partial charge in [0.15, 0.2) is 5.82 Å². The number of nitrogens with one attached hydrogen (secondary N) is 1. The second-order valence-corrected chi connectivity index (χ2v) is 7.78. The first kappa shape index (κ1) is 17.2. The zero-order valence-electron chi connectivity index (χ0n) is 16.1. The summed E-state index contributed by atoms with van der Waals surface area (Å²) in [6, 6.07) is 6.47. The van der Waals surface area contributed by atoms with E-state index >= 15 is 0 Å². The zero-order valence-corrected chi connectivity index (χ0v) is 16.1. The summed E-state index contributed by atoms with van der Waals surface area (Å²) < 4.78 is 2.07. The molecule has 3 aromatic rings. The summed E-state index contributed by atoms with van der Waals surface area (Å²) in [6.07, 6.45) is 6.56. The minimum absolute atomic E-state index is 0.327. The Morgan fingerprint density at radius 1 is 1.11 bits per heavy atom. The van der Waals surface area contributed by atoms with Crippen molar-refractivity contribution in [3.63, 3.8) is 0 Å². The second-order valence-electron chi connectivity index (χ2n) is 7.78. The predicted octanol–water partition coefficient (Wildman–Crippen LogP) is 2.34. The van der Waals surface area contributed by atoms with Crippen LogP contribution in [0.25, 0.3) is 22.4 Å². The van der Waals surface area contributed by atoms with E-state index in [-0.39, 0.29) is 0 Å². The standard InChI is InChI=1S/C20H25N7O/c1-25-19(14-6-7-16-17(12-14)22-13-21-16)23-24-20(25)26-9-2-4-15(8-11-26)27-10-3-5-18(27)28/h6-7,12-13,15H,2-5,8-11H2,1H3,(H,21,22). The number of H-pyrrole nitrogens is 1. The molecule has 1 N–H and O–H groups in total. The van der Waals surface area contributed by atoms with Gasteiger partial charge in [0.2, 0.25) is 11.9 Å². The Morgan fingerprint density at radius 3 is 2.89 bits per heavy atom. The largest absolute Gasteiger partial charge is 0.345 e. The first-order valence-electron chi connectivity index (χ1n) is 10.1. The highest BCUT2D eigenvalue weighted by atomic mass is 16.2. The molecular formula is C20H25N7O. The minimum atomic E-state index is 0.327. The molecular weight excluding hydrogens is 354 g/mol. The predicted molar refractivity (Wildman–Crippen MR) is 107 cm³/mol. The third kappa shape index (κ3) is 2.93. The van der Waals surface area contributed by atoms with Crippen molar-refractivity contribution in [2.75, 3.05) is 24.5 Å². The molecule has 0 saturated carbocycles. The molecule has 0 radical (unpaired) electrons. The van der Waals surface area contributed by atoms with Crippen LogP contribution in [0.1, 0.15) is 32.1 Å². The Hall–Kier alpha value is -2.90. The molecule has 8 nitrogen and oxygen atoms in total. The summed E-state index contributed by atoms with van der Waals surface area (Å²) in [7, 11) is 2.02. The number of anilines is 1. The molecule has 8 heteroatoms. The highest BCUT2D eigenvalue weighted by Gasteiger charge is 2.30. The quantitative estimate of drug-likeness (QED) is 0.755. The maximum atomic E-state index is 12.1. The molecule has 1 amide bonds. The number of amides is 1. The van der Waals surface area contributed by atoms with Gasteiger partial charge in [-0.15, -0.1) is 10.2 Å². The number of aromatic nitrogens is 5. The molecule has 2 fully saturated rings. The van der Waals surface area contributed by atoms with Crippen LogP contribution in [0.3, 0.4) is 0 Å². The molecule has 1 atom stereocenters. The van der Waals surface area contributed by atoms with E-state index in [0.29, 0.717) is 18.4 Å². The van der Waals surface area contributed by atoms with Gasteiger partial charge in [0.25, 0.3) is 0 Å². The molecule has 2 aliphatic heterocycles. The van der Waals surface area contributed by atoms with Crippen molar-refractivity contribution in [2.45, 2.75) is 38.1 Å². The smallest absolute Gasteiger partial charge is 0.227 e. The molecule has 4 heterocycles. The third-order valence-corrected chi connectivity index (χ3v) is 6.06. The highest BCUT2D eigenvalue weighted by molar-refractivity contribution is 5.80. The Balaban J connectivity index is 1.36. The van der Waals surface area contributed by atoms with Crippen molar-refractivity contribution >= 4 is 22.9 Å². The second kappa shape index (κ2) is 6.92. The molecule has 2 aromatic heterocycles. The summed E-state index contributed by atoms with van der Waals surface area (Å²) in [5.41, 5.74) is 2.96. The molecule has 2 aliphatic rings. The van der Waals surface area contributed by atoms with Gasteiger partial charge in [-0.2, -0.15) is 0 Å². The van der Waals surface area contributed by atoms with Crippen molar-refractivity contribution in [3.05, 3.63) is 24.5 Å². The lowest BCUT2D eigenvalue weighted by Gasteiger charge is -2.27. The molecule has 5 rings (SSSR count). The van der Waals surface area contributed by atoms with Crippen molar-refractivity contribution < 1.29 is 4.79 Å². The van der Waals surface area contributed by atoms with Crippen LogP contribution in [0.15, 0.2) is 24.5 Å². The third-order valence-electron chi connectivity index (χ3n) is 6.06. The van der Waals surface area contributed by atoms with Crippen molar-refractivity contribution in [1.82, 2.24) is 29.6 Å². The first-order chi connectivity index (χ1) is 13.7. The van der Waals surface area contributed by atoms with E-state index in [1.165, 1.54) is 0 Å². The lowest BCUT2D eigenvalue weighted by atomic mass is 10.1. The van der Waals surface area contributed by atoms with Crippen LogP contribution in [0.2, 0.25) is 0 Å². The van der Waals surface area contributed by atoms with Crippen LogP contribution < -0.4 is 4.90 Å². The summed E-state index contributed by atoms with van der Waals surface area (Å²) in [5, 5.41) is 8.96. The Kier molecular flexibility index (Phi) is 4.26. The molecule has 0 bridgehead atoms. The lowest BCUT2D eigenvalue weighted by Crippen LogP contribution is -2.37. The normalized spacial score (nSPS) is 20.9. The van der Waals surface area contributed by atoms with E-state index in [1.54, 1.807) is 6.33 Å². The maximum absolute atomic E-state index is 12.1. The fourth-order valence-electron chi connectivity index (χ4n) is 4.57. The molecule has 146 valence electrons. The highest BCUT2D eigenvalue weighted by Crippen LogP contribution is 2.27. The number of aromatic amines is 1. The van der Waals surface area contributed by atoms with E-state index in [2.05, 4.69) is 40.6 Å². The van der Waals surface area contributed by atoms with E-state index < -0.39 is 0 Å². The topological polar surface area (TPSA) is 82.9 Å². The SMILES string of the molecule is Cn1c(-c2ccc3nc[nH]c3c2)nnc1N1CCCC(N2CCCC2=O)CC1. The Morgan fingerprint density at radius 2 is 2.04 bits per heavy atom. The van der Waals surface area contributed by atoms with Crippen LogP contribution in [0.4, 0.5) is 5.95 Å². The summed E-state index contributed by atoms with van der Waals surface area (Å²) in [4.78, 5) is 23.9. The van der Waals surface area contributed by atoms with Crippen LogP contribution in [0.5, 0.6) is 0 Å². The van der Waals surface area contributed by atoms with Crippen LogP contribution in [0, 0.1) is 0 Å². The molecule has 28 heavy (non-hydrogen) atoms. The number of carbonyl (C=O) groups excluding carboxylic acids is 1. The Labute approximate surface area is 163 Å². The summed E-state index contributed by atoms with van der Waals surface area (Å²) >= 11 is 0. The van der Waals surface area contributed by atoms with Crippen molar-refractivity contribution in [2.24, 2.45) is 7.05 Å². The van der Waals surface area contributed by atoms with E-state index in [1.807, 2.05) is 19.2 Å². The summed E-state index contributed by atoms with van der Waals surface area (Å²) in [5.74, 6) is 2.07. The van der Waals surface area contributed by atoms with Crippen LogP contribution in [-0.4, -0.2) is 61.2 Å². The summed E-state index contributed by atoms with van der Waals surface area (Å²) in [6.45, 7) is 2.78. The van der Waals surface area contributed by atoms with Crippen molar-refractivity contribution in [1.29, 1.82) is 0 Å². The van der Waals surface area contributed by atoms with E-state index in [0.717, 1.165) is 73.7 Å². The van der Waals surface area contributed by atoms with Gasteiger partial charge in [-0.25, -0.2) is 4.98 Å². The van der Waals surface area contributed by atoms with Crippen LogP contribution in [-0.2, 0) is 11.8 Å². The lowest BCUT2D eigenvalue weighted by molar-refractivity contribution is -0.129. The minimum Gasteiger partial charge on any atom is -0.345 e. The first-order valence-corrected chi connectivity index (χ1v) is 10.1. The van der Waals surface area contributed by atoms with Crippen LogP contribution >= 0.6 is 0 Å². The fourth-order valence-corrected chi connectivity index (χ4v) is 4.57. The fraction of sp³-hybridized carbons (Fsp3) is 0.500. The average molecular weight is 379 g/mol. The molecule has 2 saturated heterocycles. The molecule has 1 aromatic carbocycles. The van der Waals surface area contributed by atoms with Crippen molar-refractivity contribution in [3.8, 4) is 11.4 Å². The van der Waals surface area contributed by atoms with Gasteiger partial charge >= 0.3 is 0 Å². The van der Waals surface area contributed by atoms with Gasteiger partial charge in [0.05, 0.1) is 17.4 Å². The number of carbonyl (C=O) groups is 1. The van der Waals surface area contributed by atoms with Gasteiger partial charge < -0.3 is 14.8 Å². The number of nitrogens with zero attached hydrogens (tertiary/aromatic N) is 6. The van der Waals surface area contributed by atoms with Gasteiger partial charge in [-0.3, -0.25) is 9.36 Å². The zero-order chi connectivity index (χ0) is 19.1. The Bertz CT molecular complexity index is 1010. The average Bonchev–Trinajstić information content (AvgIpc) is 3.38. The van der Waals surface area contributed by atoms with E-state index in [9.17, 15) is 4.79 Å². The molecule has 0 aliphatic carbocycles. The number of hydrogen-bond acceptors (Lipinski definition) is 5. The monoisotopic (exact) mass is 379 g/mol. The van der Waals surface area contributed by atoms with Gasteiger partial charge in [0, 0.05) is 44.7 Å². The number of imidazole rings is 1.